The van der Waals surface area contributed by atoms with Crippen molar-refractivity contribution in [1.82, 2.24) is 53.5 Å². The molecule has 0 spiro atoms. The summed E-state index contributed by atoms with van der Waals surface area (Å²) in [5.41, 5.74) is 16.4. The van der Waals surface area contributed by atoms with Gasteiger partial charge in [-0.15, -0.1) is 0 Å². The number of likely N-dealkylation sites (tertiary alicyclic amines) is 1. The van der Waals surface area contributed by atoms with E-state index in [2.05, 4.69) is 25.5 Å². The number of anilines is 1. The molecule has 314 valence electrons. The molecule has 6 N–H and O–H groups in total. The summed E-state index contributed by atoms with van der Waals surface area (Å²) in [6.45, 7) is 10.3. The minimum absolute atomic E-state index is 0.142. The Kier molecular flexibility index (Phi) is 10.7. The number of nitrogens with one attached hydrogen (secondary N) is 1. The molecule has 8 rings (SSSR count). The van der Waals surface area contributed by atoms with E-state index in [4.69, 9.17) is 26.2 Å². The lowest BCUT2D eigenvalue weighted by molar-refractivity contribution is 0.0717. The van der Waals surface area contributed by atoms with Crippen LogP contribution in [0.25, 0.3) is 44.6 Å². The molecule has 20 nitrogen and oxygen atoms in total. The summed E-state index contributed by atoms with van der Waals surface area (Å²) in [7, 11) is 0. The lowest BCUT2D eigenvalue weighted by Gasteiger charge is -2.36. The first kappa shape index (κ1) is 40.2. The number of imidazole rings is 1. The molecule has 1 aliphatic heterocycles. The second-order valence-electron chi connectivity index (χ2n) is 14.8. The fraction of sp³-hybridized carbons (Fsp3) is 0.317. The van der Waals surface area contributed by atoms with E-state index in [1.54, 1.807) is 40.6 Å². The van der Waals surface area contributed by atoms with E-state index >= 15 is 0 Å². The van der Waals surface area contributed by atoms with Crippen molar-refractivity contribution in [2.75, 3.05) is 25.0 Å². The van der Waals surface area contributed by atoms with Crippen LogP contribution in [0.1, 0.15) is 62.9 Å². The Balaban J connectivity index is 1.18. The molecule has 0 saturated carbocycles. The SMILES string of the molecule is CCn1nc(C)cc1C(=O)Nc1nc2cc(C(N)=O)cnc2n1CC=CCn1c2nc(-c3cc(C)nn3CC)ncc2c2cc(C(N)=O)cc(OCCC3CN(C(=O)O)C3)c21. The van der Waals surface area contributed by atoms with Crippen molar-refractivity contribution in [3.05, 3.63) is 83.1 Å². The van der Waals surface area contributed by atoms with Crippen molar-refractivity contribution in [3.63, 3.8) is 0 Å². The molecule has 0 unspecified atom stereocenters. The van der Waals surface area contributed by atoms with Gasteiger partial charge in [-0.2, -0.15) is 10.2 Å². The second kappa shape index (κ2) is 16.2. The first-order chi connectivity index (χ1) is 29.3. The number of primary amides is 2. The first-order valence-electron chi connectivity index (χ1n) is 19.8. The third kappa shape index (κ3) is 7.70. The van der Waals surface area contributed by atoms with E-state index < -0.39 is 23.8 Å². The summed E-state index contributed by atoms with van der Waals surface area (Å²) in [5, 5.41) is 22.5. The summed E-state index contributed by atoms with van der Waals surface area (Å²) in [6, 6.07) is 8.46. The summed E-state index contributed by atoms with van der Waals surface area (Å²) >= 11 is 0. The number of carbonyl (C=O) groups is 4. The number of hydrogen-bond donors (Lipinski definition) is 4. The summed E-state index contributed by atoms with van der Waals surface area (Å²) in [5.74, 6) is -0.510. The monoisotopic (exact) mass is 828 g/mol. The van der Waals surface area contributed by atoms with Crippen LogP contribution in [0.3, 0.4) is 0 Å². The highest BCUT2D eigenvalue weighted by Crippen LogP contribution is 2.37. The van der Waals surface area contributed by atoms with Gasteiger partial charge in [0.2, 0.25) is 17.8 Å². The van der Waals surface area contributed by atoms with E-state index in [-0.39, 0.29) is 42.7 Å². The summed E-state index contributed by atoms with van der Waals surface area (Å²) in [4.78, 5) is 69.8. The average Bonchev–Trinajstić information content (AvgIpc) is 3.97. The van der Waals surface area contributed by atoms with Gasteiger partial charge in [0.25, 0.3) is 5.91 Å². The number of aromatic nitrogens is 10. The lowest BCUT2D eigenvalue weighted by Crippen LogP contribution is -2.49. The van der Waals surface area contributed by atoms with Crippen LogP contribution in [-0.4, -0.2) is 102 Å². The molecule has 7 heterocycles. The topological polar surface area (TPSA) is 262 Å². The van der Waals surface area contributed by atoms with Gasteiger partial charge >= 0.3 is 6.09 Å². The van der Waals surface area contributed by atoms with Gasteiger partial charge in [0.05, 0.1) is 29.1 Å². The number of benzene rings is 1. The molecule has 0 bridgehead atoms. The van der Waals surface area contributed by atoms with E-state index in [9.17, 15) is 24.3 Å². The van der Waals surface area contributed by atoms with Crippen LogP contribution in [-0.2, 0) is 26.2 Å². The minimum atomic E-state index is -0.950. The highest BCUT2D eigenvalue weighted by atomic mass is 16.5. The molecule has 1 aliphatic rings. The molecule has 0 aliphatic carbocycles. The molecule has 61 heavy (non-hydrogen) atoms. The predicted molar refractivity (Wildman–Crippen MR) is 224 cm³/mol. The van der Waals surface area contributed by atoms with Crippen molar-refractivity contribution in [1.29, 1.82) is 0 Å². The molecule has 1 aromatic carbocycles. The number of carboxylic acid groups (broad SMARTS) is 1. The molecule has 6 aromatic heterocycles. The van der Waals surface area contributed by atoms with Crippen LogP contribution in [0, 0.1) is 19.8 Å². The number of allylic oxidation sites excluding steroid dienone is 2. The van der Waals surface area contributed by atoms with Gasteiger partial charge in [-0.3, -0.25) is 33.6 Å². The Labute approximate surface area is 347 Å². The Hall–Kier alpha value is -7.64. The number of amides is 4. The van der Waals surface area contributed by atoms with Crippen molar-refractivity contribution in [3.8, 4) is 17.3 Å². The second-order valence-corrected chi connectivity index (χ2v) is 14.8. The zero-order valence-corrected chi connectivity index (χ0v) is 34.0. The molecular weight excluding hydrogens is 785 g/mol. The van der Waals surface area contributed by atoms with E-state index in [1.807, 2.05) is 48.2 Å². The fourth-order valence-electron chi connectivity index (χ4n) is 7.64. The molecular formula is C41H44N14O6. The van der Waals surface area contributed by atoms with Gasteiger partial charge in [-0.1, -0.05) is 12.2 Å². The summed E-state index contributed by atoms with van der Waals surface area (Å²) < 4.78 is 13.5. The quantitative estimate of drug-likeness (QED) is 0.106. The van der Waals surface area contributed by atoms with Crippen LogP contribution in [0.4, 0.5) is 10.7 Å². The zero-order valence-electron chi connectivity index (χ0n) is 34.0. The van der Waals surface area contributed by atoms with Gasteiger partial charge in [-0.25, -0.2) is 24.7 Å². The smallest absolute Gasteiger partial charge is 0.407 e. The average molecular weight is 829 g/mol. The van der Waals surface area contributed by atoms with E-state index in [0.29, 0.717) is 88.7 Å². The van der Waals surface area contributed by atoms with Crippen LogP contribution in [0.15, 0.2) is 54.9 Å². The Morgan fingerprint density at radius 2 is 1.54 bits per heavy atom. The van der Waals surface area contributed by atoms with Crippen molar-refractivity contribution < 1.29 is 29.0 Å². The van der Waals surface area contributed by atoms with Crippen molar-refractivity contribution in [2.24, 2.45) is 17.4 Å². The largest absolute Gasteiger partial charge is 0.491 e. The molecule has 20 heteroatoms. The highest BCUT2D eigenvalue weighted by Gasteiger charge is 2.30. The number of carbonyl (C=O) groups excluding carboxylic acids is 3. The van der Waals surface area contributed by atoms with Gasteiger partial charge in [0.15, 0.2) is 11.5 Å². The first-order valence-corrected chi connectivity index (χ1v) is 19.8. The zero-order chi connectivity index (χ0) is 43.1. The van der Waals surface area contributed by atoms with E-state index in [0.717, 1.165) is 11.4 Å². The van der Waals surface area contributed by atoms with Crippen LogP contribution in [0.2, 0.25) is 0 Å². The van der Waals surface area contributed by atoms with Crippen LogP contribution >= 0.6 is 0 Å². The Morgan fingerprint density at radius 3 is 2.25 bits per heavy atom. The standard InChI is InChI=1S/C41H44N14O6/c1-5-54-30(13-22(3)49-54)36-44-19-28-27-15-25(34(42)56)17-32(61-12-9-24-20-51(21-24)41(59)60)33(27)52(37(28)47-36)10-7-8-11-53-38-29(16-26(18-45-38)35(43)57)46-40(53)48-39(58)31-14-23(4)50-55(31)6-2/h7-8,13-19,24H,5-6,9-12,20-21H2,1-4H3,(H2,42,56)(H2,43,57)(H,59,60)(H,46,48,58). The van der Waals surface area contributed by atoms with Gasteiger partial charge in [-0.05, 0) is 70.4 Å². The number of aryl methyl sites for hydroxylation is 4. The Morgan fingerprint density at radius 1 is 0.836 bits per heavy atom. The Bertz CT molecular complexity index is 2910. The molecule has 4 amide bonds. The number of hydrogen-bond acceptors (Lipinski definition) is 11. The maximum absolute atomic E-state index is 13.6. The normalized spacial score (nSPS) is 13.1. The fourth-order valence-corrected chi connectivity index (χ4v) is 7.64. The molecule has 1 saturated heterocycles. The van der Waals surface area contributed by atoms with Crippen LogP contribution in [0.5, 0.6) is 5.75 Å². The number of ether oxygens (including phenoxy) is 1. The third-order valence-electron chi connectivity index (χ3n) is 10.7. The molecule has 7 aromatic rings. The van der Waals surface area contributed by atoms with Gasteiger partial charge < -0.3 is 30.8 Å². The van der Waals surface area contributed by atoms with E-state index in [1.165, 1.54) is 17.2 Å². The lowest BCUT2D eigenvalue weighted by atomic mass is 9.97. The number of nitrogens with zero attached hydrogens (tertiary/aromatic N) is 11. The predicted octanol–water partition coefficient (Wildman–Crippen LogP) is 4.13. The number of nitrogens with two attached hydrogens (primary N) is 2. The minimum Gasteiger partial charge on any atom is -0.491 e. The molecule has 1 fully saturated rings. The highest BCUT2D eigenvalue weighted by molar-refractivity contribution is 6.12. The van der Waals surface area contributed by atoms with Crippen LogP contribution < -0.4 is 21.5 Å². The van der Waals surface area contributed by atoms with Crippen molar-refractivity contribution in [2.45, 2.75) is 60.3 Å². The summed E-state index contributed by atoms with van der Waals surface area (Å²) in [6.07, 6.45) is 6.55. The number of rotatable bonds is 15. The van der Waals surface area contributed by atoms with Gasteiger partial charge in [0.1, 0.15) is 28.3 Å². The maximum atomic E-state index is 13.6. The maximum Gasteiger partial charge on any atom is 0.407 e. The molecule has 0 atom stereocenters. The third-order valence-corrected chi connectivity index (χ3v) is 10.7. The number of pyridine rings is 1. The number of fused-ring (bicyclic) bond motifs is 4. The molecule has 0 radical (unpaired) electrons. The van der Waals surface area contributed by atoms with Gasteiger partial charge in [0, 0.05) is 68.0 Å². The van der Waals surface area contributed by atoms with Crippen molar-refractivity contribution >= 4 is 62.9 Å².